The van der Waals surface area contributed by atoms with E-state index in [4.69, 9.17) is 4.74 Å². The van der Waals surface area contributed by atoms with E-state index in [0.29, 0.717) is 12.1 Å². The molecule has 1 rings (SSSR count). The lowest BCUT2D eigenvalue weighted by Crippen LogP contribution is -2.41. The lowest BCUT2D eigenvalue weighted by atomic mass is 10.1. The number of carbonyl (C=O) groups is 3. The van der Waals surface area contributed by atoms with Crippen LogP contribution in [-0.4, -0.2) is 31.1 Å². The molecule has 1 aromatic rings. The molecule has 0 fully saturated rings. The Labute approximate surface area is 117 Å². The standard InChI is InChI=1S/C14H18N2O4/c1-3-10-5-7-11(8-6-10)13(18)20-9-12(17)16-14(19)15-4-2/h5-8H,3-4,9H2,1-2H3,(H2,15,16,17,19). The number of nitrogens with one attached hydrogen (secondary N) is 2. The largest absolute Gasteiger partial charge is 0.452 e. The van der Waals surface area contributed by atoms with Crippen LogP contribution in [0.5, 0.6) is 0 Å². The van der Waals surface area contributed by atoms with E-state index in [-0.39, 0.29) is 0 Å². The topological polar surface area (TPSA) is 84.5 Å². The van der Waals surface area contributed by atoms with Crippen molar-refractivity contribution in [1.82, 2.24) is 10.6 Å². The molecule has 0 aliphatic heterocycles. The number of aryl methyl sites for hydroxylation is 1. The Morgan fingerprint density at radius 1 is 1.10 bits per heavy atom. The predicted octanol–water partition coefficient (Wildman–Crippen LogP) is 1.25. The molecule has 6 heteroatoms. The Bertz CT molecular complexity index is 482. The highest BCUT2D eigenvalue weighted by atomic mass is 16.5. The van der Waals surface area contributed by atoms with E-state index in [1.54, 1.807) is 19.1 Å². The molecule has 0 aromatic heterocycles. The summed E-state index contributed by atoms with van der Waals surface area (Å²) >= 11 is 0. The van der Waals surface area contributed by atoms with Crippen molar-refractivity contribution >= 4 is 17.9 Å². The normalized spacial score (nSPS) is 9.70. The van der Waals surface area contributed by atoms with E-state index in [0.717, 1.165) is 12.0 Å². The minimum absolute atomic E-state index is 0.369. The van der Waals surface area contributed by atoms with Crippen molar-refractivity contribution in [3.05, 3.63) is 35.4 Å². The third kappa shape index (κ3) is 5.09. The predicted molar refractivity (Wildman–Crippen MR) is 73.3 cm³/mol. The molecule has 0 aliphatic carbocycles. The lowest BCUT2D eigenvalue weighted by Gasteiger charge is -2.06. The molecule has 0 bridgehead atoms. The number of ether oxygens (including phenoxy) is 1. The Balaban J connectivity index is 2.42. The molecule has 0 saturated heterocycles. The van der Waals surface area contributed by atoms with E-state index in [1.165, 1.54) is 0 Å². The van der Waals surface area contributed by atoms with Gasteiger partial charge in [-0.1, -0.05) is 19.1 Å². The molecule has 3 amide bonds. The van der Waals surface area contributed by atoms with Crippen molar-refractivity contribution in [3.8, 4) is 0 Å². The van der Waals surface area contributed by atoms with Gasteiger partial charge >= 0.3 is 12.0 Å². The number of hydrogen-bond donors (Lipinski definition) is 2. The summed E-state index contributed by atoms with van der Waals surface area (Å²) in [6.45, 7) is 3.65. The third-order valence-electron chi connectivity index (χ3n) is 2.52. The monoisotopic (exact) mass is 278 g/mol. The Hall–Kier alpha value is -2.37. The zero-order valence-electron chi connectivity index (χ0n) is 11.6. The molecule has 2 N–H and O–H groups in total. The van der Waals surface area contributed by atoms with E-state index in [9.17, 15) is 14.4 Å². The first-order chi connectivity index (χ1) is 9.56. The van der Waals surface area contributed by atoms with Crippen LogP contribution >= 0.6 is 0 Å². The summed E-state index contributed by atoms with van der Waals surface area (Å²) in [7, 11) is 0. The van der Waals surface area contributed by atoms with E-state index < -0.39 is 24.5 Å². The molecule has 0 spiro atoms. The van der Waals surface area contributed by atoms with Gasteiger partial charge < -0.3 is 10.1 Å². The van der Waals surface area contributed by atoms with Gasteiger partial charge in [0.15, 0.2) is 6.61 Å². The number of carbonyl (C=O) groups excluding carboxylic acids is 3. The van der Waals surface area contributed by atoms with Gasteiger partial charge in [-0.3, -0.25) is 10.1 Å². The van der Waals surface area contributed by atoms with Crippen LogP contribution in [0.3, 0.4) is 0 Å². The van der Waals surface area contributed by atoms with Crippen LogP contribution in [0, 0.1) is 0 Å². The molecule has 20 heavy (non-hydrogen) atoms. The van der Waals surface area contributed by atoms with Gasteiger partial charge in [-0.15, -0.1) is 0 Å². The maximum atomic E-state index is 11.7. The summed E-state index contributed by atoms with van der Waals surface area (Å²) in [6.07, 6.45) is 0.879. The molecule has 6 nitrogen and oxygen atoms in total. The molecular weight excluding hydrogens is 260 g/mol. The molecule has 0 atom stereocenters. The van der Waals surface area contributed by atoms with Gasteiger partial charge in [0.1, 0.15) is 0 Å². The fourth-order valence-corrected chi connectivity index (χ4v) is 1.46. The average Bonchev–Trinajstić information content (AvgIpc) is 2.45. The average molecular weight is 278 g/mol. The first kappa shape index (κ1) is 15.7. The first-order valence-corrected chi connectivity index (χ1v) is 6.40. The van der Waals surface area contributed by atoms with Gasteiger partial charge in [-0.2, -0.15) is 0 Å². The smallest absolute Gasteiger partial charge is 0.338 e. The molecule has 0 aliphatic rings. The van der Waals surface area contributed by atoms with Gasteiger partial charge in [0.2, 0.25) is 0 Å². The van der Waals surface area contributed by atoms with Crippen molar-refractivity contribution < 1.29 is 19.1 Å². The second-order valence-electron chi connectivity index (χ2n) is 4.03. The zero-order valence-corrected chi connectivity index (χ0v) is 11.6. The van der Waals surface area contributed by atoms with Crippen molar-refractivity contribution in [2.75, 3.05) is 13.2 Å². The molecule has 0 heterocycles. The number of imide groups is 1. The Morgan fingerprint density at radius 2 is 1.75 bits per heavy atom. The van der Waals surface area contributed by atoms with E-state index in [2.05, 4.69) is 5.32 Å². The van der Waals surface area contributed by atoms with E-state index in [1.807, 2.05) is 24.4 Å². The van der Waals surface area contributed by atoms with Crippen molar-refractivity contribution in [2.45, 2.75) is 20.3 Å². The highest BCUT2D eigenvalue weighted by Gasteiger charge is 2.11. The van der Waals surface area contributed by atoms with Gasteiger partial charge in [0.05, 0.1) is 5.56 Å². The summed E-state index contributed by atoms with van der Waals surface area (Å²) in [4.78, 5) is 34.0. The summed E-state index contributed by atoms with van der Waals surface area (Å²) < 4.78 is 4.81. The van der Waals surface area contributed by atoms with Crippen LogP contribution in [0.15, 0.2) is 24.3 Å². The number of hydrogen-bond acceptors (Lipinski definition) is 4. The highest BCUT2D eigenvalue weighted by molar-refractivity contribution is 5.96. The second-order valence-corrected chi connectivity index (χ2v) is 4.03. The Morgan fingerprint density at radius 3 is 2.30 bits per heavy atom. The number of esters is 1. The minimum atomic E-state index is -0.672. The molecular formula is C14H18N2O4. The fraction of sp³-hybridized carbons (Fsp3) is 0.357. The van der Waals surface area contributed by atoms with Crippen molar-refractivity contribution in [1.29, 1.82) is 0 Å². The van der Waals surface area contributed by atoms with Gasteiger partial charge in [-0.25, -0.2) is 9.59 Å². The van der Waals surface area contributed by atoms with Crippen LogP contribution in [0.25, 0.3) is 0 Å². The van der Waals surface area contributed by atoms with E-state index >= 15 is 0 Å². The number of rotatable bonds is 5. The molecule has 0 radical (unpaired) electrons. The van der Waals surface area contributed by atoms with Gasteiger partial charge in [0, 0.05) is 6.54 Å². The molecule has 108 valence electrons. The zero-order chi connectivity index (χ0) is 15.0. The summed E-state index contributed by atoms with van der Waals surface area (Å²) in [6, 6.07) is 6.32. The second kappa shape index (κ2) is 7.93. The quantitative estimate of drug-likeness (QED) is 0.794. The summed E-state index contributed by atoms with van der Waals surface area (Å²) in [5.41, 5.74) is 1.48. The summed E-state index contributed by atoms with van der Waals surface area (Å²) in [5.74, 6) is -1.27. The van der Waals surface area contributed by atoms with Crippen LogP contribution in [0.1, 0.15) is 29.8 Å². The van der Waals surface area contributed by atoms with Gasteiger partial charge in [0.25, 0.3) is 5.91 Å². The SMILES string of the molecule is CCNC(=O)NC(=O)COC(=O)c1ccc(CC)cc1. The van der Waals surface area contributed by atoms with Gasteiger partial charge in [-0.05, 0) is 31.0 Å². The first-order valence-electron chi connectivity index (χ1n) is 6.40. The fourth-order valence-electron chi connectivity index (χ4n) is 1.46. The molecule has 0 saturated carbocycles. The van der Waals surface area contributed by atoms with Crippen molar-refractivity contribution in [3.63, 3.8) is 0 Å². The Kier molecular flexibility index (Phi) is 6.22. The summed E-state index contributed by atoms with van der Waals surface area (Å²) in [5, 5.41) is 4.44. The minimum Gasteiger partial charge on any atom is -0.452 e. The highest BCUT2D eigenvalue weighted by Crippen LogP contribution is 2.06. The van der Waals surface area contributed by atoms with Crippen LogP contribution in [0.4, 0.5) is 4.79 Å². The number of benzene rings is 1. The third-order valence-corrected chi connectivity index (χ3v) is 2.52. The maximum absolute atomic E-state index is 11.7. The van der Waals surface area contributed by atoms with Crippen molar-refractivity contribution in [2.24, 2.45) is 0 Å². The van der Waals surface area contributed by atoms with Crippen LogP contribution in [0.2, 0.25) is 0 Å². The lowest BCUT2D eigenvalue weighted by molar-refractivity contribution is -0.123. The number of amides is 3. The molecule has 0 unspecified atom stereocenters. The maximum Gasteiger partial charge on any atom is 0.338 e. The van der Waals surface area contributed by atoms with Crippen LogP contribution < -0.4 is 10.6 Å². The number of urea groups is 1. The molecule has 1 aromatic carbocycles. The van der Waals surface area contributed by atoms with Crippen LogP contribution in [-0.2, 0) is 16.0 Å².